The van der Waals surface area contributed by atoms with Gasteiger partial charge in [0.1, 0.15) is 0 Å². The number of halogens is 3. The van der Waals surface area contributed by atoms with Gasteiger partial charge in [-0.25, -0.2) is 0 Å². The fraction of sp³-hybridized carbons (Fsp3) is 0.409. The average Bonchev–Trinajstić information content (AvgIpc) is 3.13. The van der Waals surface area contributed by atoms with Gasteiger partial charge in [0.15, 0.2) is 5.69 Å². The van der Waals surface area contributed by atoms with Gasteiger partial charge >= 0.3 is 6.18 Å². The molecule has 0 saturated carbocycles. The number of likely N-dealkylation sites (tertiary alicyclic amines) is 1. The van der Waals surface area contributed by atoms with E-state index in [9.17, 15) is 22.8 Å². The first-order valence-corrected chi connectivity index (χ1v) is 9.90. The molecule has 2 amide bonds. The van der Waals surface area contributed by atoms with Crippen LogP contribution in [0.2, 0.25) is 0 Å². The Kier molecular flexibility index (Phi) is 6.24. The molecule has 1 aromatic heterocycles. The van der Waals surface area contributed by atoms with E-state index in [4.69, 9.17) is 0 Å². The number of hydrogen-bond acceptors (Lipinski definition) is 3. The molecule has 0 bridgehead atoms. The minimum Gasteiger partial charge on any atom is -0.341 e. The normalized spacial score (nSPS) is 16.1. The van der Waals surface area contributed by atoms with Crippen molar-refractivity contribution in [3.05, 3.63) is 66.0 Å². The van der Waals surface area contributed by atoms with Crippen LogP contribution in [0.5, 0.6) is 0 Å². The first-order valence-electron chi connectivity index (χ1n) is 9.90. The van der Waals surface area contributed by atoms with E-state index in [2.05, 4.69) is 11.7 Å². The van der Waals surface area contributed by atoms with Crippen molar-refractivity contribution in [1.82, 2.24) is 19.6 Å². The molecule has 2 heterocycles. The van der Waals surface area contributed by atoms with Crippen molar-refractivity contribution in [2.45, 2.75) is 31.0 Å². The fourth-order valence-electron chi connectivity index (χ4n) is 4.21. The molecule has 0 unspecified atom stereocenters. The second-order valence-electron chi connectivity index (χ2n) is 7.81. The van der Waals surface area contributed by atoms with Crippen LogP contribution in [0.3, 0.4) is 0 Å². The van der Waals surface area contributed by atoms with E-state index in [0.29, 0.717) is 25.9 Å². The van der Waals surface area contributed by atoms with Crippen molar-refractivity contribution in [3.8, 4) is 0 Å². The van der Waals surface area contributed by atoms with Crippen LogP contribution in [0.1, 0.15) is 29.7 Å². The van der Waals surface area contributed by atoms with Gasteiger partial charge in [-0.1, -0.05) is 36.9 Å². The summed E-state index contributed by atoms with van der Waals surface area (Å²) in [5, 5.41) is 3.52. The largest absolute Gasteiger partial charge is 0.435 e. The fourth-order valence-corrected chi connectivity index (χ4v) is 4.21. The minimum absolute atomic E-state index is 0.0617. The Morgan fingerprint density at radius 3 is 2.39 bits per heavy atom. The number of aromatic nitrogens is 2. The van der Waals surface area contributed by atoms with Crippen molar-refractivity contribution in [2.24, 2.45) is 7.05 Å². The highest BCUT2D eigenvalue weighted by atomic mass is 19.4. The Labute approximate surface area is 178 Å². The third-order valence-electron chi connectivity index (χ3n) is 5.77. The molecule has 31 heavy (non-hydrogen) atoms. The third-order valence-corrected chi connectivity index (χ3v) is 5.77. The molecule has 1 aromatic carbocycles. The van der Waals surface area contributed by atoms with Crippen molar-refractivity contribution >= 4 is 11.8 Å². The summed E-state index contributed by atoms with van der Waals surface area (Å²) < 4.78 is 41.1. The standard InChI is InChI=1S/C22H25F3N4O2/c1-4-18(30)29-12-10-21(11-13-29,17-8-6-5-7-9-17)20(31)27(2)14-16-15-28(3)26-19(16)22(23,24)25/h4-9,15H,1,10-14H2,2-3H3. The maximum Gasteiger partial charge on any atom is 0.435 e. The third kappa shape index (κ3) is 4.50. The summed E-state index contributed by atoms with van der Waals surface area (Å²) in [5.41, 5.74) is -1.18. The van der Waals surface area contributed by atoms with E-state index in [1.54, 1.807) is 4.90 Å². The molecule has 0 atom stereocenters. The molecule has 0 N–H and O–H groups in total. The maximum atomic E-state index is 13.6. The summed E-state index contributed by atoms with van der Waals surface area (Å²) in [4.78, 5) is 28.6. The number of rotatable bonds is 5. The first-order chi connectivity index (χ1) is 14.6. The number of hydrogen-bond donors (Lipinski definition) is 0. The molecule has 1 aliphatic heterocycles. The van der Waals surface area contributed by atoms with Gasteiger partial charge in [-0.15, -0.1) is 0 Å². The van der Waals surface area contributed by atoms with Gasteiger partial charge in [0, 0.05) is 45.5 Å². The summed E-state index contributed by atoms with van der Waals surface area (Å²) in [6.45, 7) is 4.01. The Balaban J connectivity index is 1.90. The second-order valence-corrected chi connectivity index (χ2v) is 7.81. The number of aryl methyl sites for hydroxylation is 1. The van der Waals surface area contributed by atoms with Gasteiger partial charge < -0.3 is 9.80 Å². The van der Waals surface area contributed by atoms with Crippen LogP contribution in [0.15, 0.2) is 49.2 Å². The smallest absolute Gasteiger partial charge is 0.341 e. The summed E-state index contributed by atoms with van der Waals surface area (Å²) >= 11 is 0. The zero-order chi connectivity index (χ0) is 22.8. The zero-order valence-corrected chi connectivity index (χ0v) is 17.5. The van der Waals surface area contributed by atoms with Crippen molar-refractivity contribution < 1.29 is 22.8 Å². The number of nitrogens with zero attached hydrogens (tertiary/aromatic N) is 4. The molecule has 9 heteroatoms. The van der Waals surface area contributed by atoms with Crippen LogP contribution in [0, 0.1) is 0 Å². The number of carbonyl (C=O) groups excluding carboxylic acids is 2. The zero-order valence-electron chi connectivity index (χ0n) is 17.5. The summed E-state index contributed by atoms with van der Waals surface area (Å²) in [6, 6.07) is 9.19. The van der Waals surface area contributed by atoms with E-state index in [0.717, 1.165) is 10.2 Å². The highest BCUT2D eigenvalue weighted by molar-refractivity contribution is 5.90. The quantitative estimate of drug-likeness (QED) is 0.680. The second kappa shape index (κ2) is 8.56. The van der Waals surface area contributed by atoms with Crippen LogP contribution >= 0.6 is 0 Å². The van der Waals surface area contributed by atoms with Crippen molar-refractivity contribution in [2.75, 3.05) is 20.1 Å². The van der Waals surface area contributed by atoms with Gasteiger partial charge in [0.2, 0.25) is 11.8 Å². The molecule has 3 rings (SSSR count). The number of carbonyl (C=O) groups is 2. The van der Waals surface area contributed by atoms with Gasteiger partial charge in [-0.05, 0) is 24.5 Å². The summed E-state index contributed by atoms with van der Waals surface area (Å²) in [6.07, 6.45) is -1.33. The maximum absolute atomic E-state index is 13.6. The molecule has 166 valence electrons. The van der Waals surface area contributed by atoms with E-state index >= 15 is 0 Å². The number of benzene rings is 1. The molecule has 1 aliphatic rings. The predicted molar refractivity (Wildman–Crippen MR) is 109 cm³/mol. The summed E-state index contributed by atoms with van der Waals surface area (Å²) in [5.74, 6) is -0.478. The highest BCUT2D eigenvalue weighted by Crippen LogP contribution is 2.38. The Hall–Kier alpha value is -3.10. The molecular formula is C22H25F3N4O2. The lowest BCUT2D eigenvalue weighted by atomic mass is 9.71. The monoisotopic (exact) mass is 434 g/mol. The average molecular weight is 434 g/mol. The van der Waals surface area contributed by atoms with E-state index in [-0.39, 0.29) is 23.9 Å². The molecule has 1 fully saturated rings. The number of amides is 2. The topological polar surface area (TPSA) is 58.4 Å². The summed E-state index contributed by atoms with van der Waals surface area (Å²) in [7, 11) is 2.92. The molecule has 0 radical (unpaired) electrons. The van der Waals surface area contributed by atoms with E-state index in [1.807, 2.05) is 30.3 Å². The van der Waals surface area contributed by atoms with Crippen LogP contribution in [-0.2, 0) is 34.8 Å². The molecular weight excluding hydrogens is 409 g/mol. The lowest BCUT2D eigenvalue weighted by Gasteiger charge is -2.42. The van der Waals surface area contributed by atoms with Crippen molar-refractivity contribution in [3.63, 3.8) is 0 Å². The SMILES string of the molecule is C=CC(=O)N1CCC(C(=O)N(C)Cc2cn(C)nc2C(F)(F)F)(c2ccccc2)CC1. The first kappa shape index (κ1) is 22.6. The Bertz CT molecular complexity index is 961. The van der Waals surface area contributed by atoms with E-state index in [1.165, 1.54) is 31.3 Å². The van der Waals surface area contributed by atoms with Gasteiger partial charge in [-0.2, -0.15) is 18.3 Å². The lowest BCUT2D eigenvalue weighted by molar-refractivity contribution is -0.144. The van der Waals surface area contributed by atoms with Gasteiger partial charge in [0.05, 0.1) is 5.41 Å². The molecule has 0 spiro atoms. The van der Waals surface area contributed by atoms with Gasteiger partial charge in [-0.3, -0.25) is 14.3 Å². The minimum atomic E-state index is -4.60. The van der Waals surface area contributed by atoms with E-state index < -0.39 is 17.3 Å². The highest BCUT2D eigenvalue weighted by Gasteiger charge is 2.45. The number of piperidine rings is 1. The Morgan fingerprint density at radius 2 is 1.84 bits per heavy atom. The molecule has 0 aliphatic carbocycles. The Morgan fingerprint density at radius 1 is 1.23 bits per heavy atom. The number of likely N-dealkylation sites (N-methyl/N-ethyl adjacent to an activating group) is 1. The van der Waals surface area contributed by atoms with Crippen molar-refractivity contribution in [1.29, 1.82) is 0 Å². The van der Waals surface area contributed by atoms with Crippen LogP contribution in [-0.4, -0.2) is 51.5 Å². The lowest BCUT2D eigenvalue weighted by Crippen LogP contribution is -2.52. The molecule has 1 saturated heterocycles. The number of alkyl halides is 3. The van der Waals surface area contributed by atoms with Gasteiger partial charge in [0.25, 0.3) is 0 Å². The van der Waals surface area contributed by atoms with Crippen LogP contribution in [0.25, 0.3) is 0 Å². The van der Waals surface area contributed by atoms with Crippen LogP contribution in [0.4, 0.5) is 13.2 Å². The van der Waals surface area contributed by atoms with Crippen LogP contribution < -0.4 is 0 Å². The molecule has 2 aromatic rings. The predicted octanol–water partition coefficient (Wildman–Crippen LogP) is 3.14. The molecule has 6 nitrogen and oxygen atoms in total.